The van der Waals surface area contributed by atoms with Gasteiger partial charge in [-0.1, -0.05) is 24.3 Å². The molecule has 2 aromatic heterocycles. The second-order valence-corrected chi connectivity index (χ2v) is 9.55. The molecule has 0 radical (unpaired) electrons. The molecule has 35 heavy (non-hydrogen) atoms. The number of carbonyl (C=O) groups is 2. The van der Waals surface area contributed by atoms with Gasteiger partial charge >= 0.3 is 0 Å². The summed E-state index contributed by atoms with van der Waals surface area (Å²) in [6.45, 7) is 0. The van der Waals surface area contributed by atoms with E-state index in [1.165, 1.54) is 24.3 Å². The van der Waals surface area contributed by atoms with Crippen molar-refractivity contribution in [1.29, 1.82) is 0 Å². The van der Waals surface area contributed by atoms with E-state index in [1.54, 1.807) is 38.5 Å². The molecule has 1 saturated heterocycles. The van der Waals surface area contributed by atoms with E-state index in [0.717, 1.165) is 16.9 Å². The van der Waals surface area contributed by atoms with Crippen molar-refractivity contribution in [2.75, 3.05) is 14.2 Å². The van der Waals surface area contributed by atoms with Crippen LogP contribution in [0.2, 0.25) is 0 Å². The smallest absolute Gasteiger partial charge is 0.211 e. The van der Waals surface area contributed by atoms with Crippen LogP contribution in [-0.4, -0.2) is 31.0 Å². The zero-order chi connectivity index (χ0) is 24.4. The van der Waals surface area contributed by atoms with Gasteiger partial charge in [0.2, 0.25) is 11.6 Å². The van der Waals surface area contributed by atoms with E-state index in [4.69, 9.17) is 18.3 Å². The molecule has 1 aliphatic rings. The Morgan fingerprint density at radius 2 is 1.23 bits per heavy atom. The van der Waals surface area contributed by atoms with E-state index in [-0.39, 0.29) is 28.3 Å². The highest BCUT2D eigenvalue weighted by atomic mass is 32.2. The first kappa shape index (κ1) is 23.1. The van der Waals surface area contributed by atoms with Crippen molar-refractivity contribution in [3.63, 3.8) is 0 Å². The molecule has 0 amide bonds. The molecule has 0 bridgehead atoms. The standard InChI is InChI=1S/C28H24O6S/c1-31-19-11-7-17(8-12-19)23-24(25(29)21-5-3-15-33-21)27(18-9-13-20(32-2)14-10-18)35-28(23)26(30)22-6-4-16-34-22/h3-16,23-24,27-28H,1-2H3. The molecule has 3 heterocycles. The van der Waals surface area contributed by atoms with Crippen LogP contribution in [0.1, 0.15) is 43.4 Å². The van der Waals surface area contributed by atoms with Crippen LogP contribution < -0.4 is 9.47 Å². The zero-order valence-corrected chi connectivity index (χ0v) is 20.1. The van der Waals surface area contributed by atoms with Crippen LogP contribution in [0.25, 0.3) is 0 Å². The molecule has 6 nitrogen and oxygen atoms in total. The van der Waals surface area contributed by atoms with E-state index < -0.39 is 17.1 Å². The van der Waals surface area contributed by atoms with Crippen molar-refractivity contribution in [3.8, 4) is 11.5 Å². The van der Waals surface area contributed by atoms with Gasteiger partial charge in [0.25, 0.3) is 0 Å². The Hall–Kier alpha value is -3.71. The first-order valence-corrected chi connectivity index (χ1v) is 12.1. The van der Waals surface area contributed by atoms with Gasteiger partial charge in [-0.3, -0.25) is 9.59 Å². The summed E-state index contributed by atoms with van der Waals surface area (Å²) in [5, 5.41) is -0.819. The van der Waals surface area contributed by atoms with Crippen LogP contribution in [0.15, 0.2) is 94.2 Å². The number of Topliss-reactive ketones (excluding diaryl/α,β-unsaturated/α-hetero) is 2. The molecule has 1 aliphatic heterocycles. The van der Waals surface area contributed by atoms with Crippen molar-refractivity contribution in [2.45, 2.75) is 16.4 Å². The Bertz CT molecular complexity index is 1280. The summed E-state index contributed by atoms with van der Waals surface area (Å²) in [5.41, 5.74) is 1.82. The summed E-state index contributed by atoms with van der Waals surface area (Å²) >= 11 is 1.49. The monoisotopic (exact) mass is 488 g/mol. The zero-order valence-electron chi connectivity index (χ0n) is 19.3. The Morgan fingerprint density at radius 1 is 0.714 bits per heavy atom. The molecule has 7 heteroatoms. The molecule has 0 aliphatic carbocycles. The Morgan fingerprint density at radius 3 is 1.71 bits per heavy atom. The molecule has 1 fully saturated rings. The van der Waals surface area contributed by atoms with Gasteiger partial charge in [0.05, 0.1) is 32.0 Å². The number of benzene rings is 2. The van der Waals surface area contributed by atoms with Gasteiger partial charge in [-0.2, -0.15) is 0 Å². The second kappa shape index (κ2) is 9.88. The fourth-order valence-electron chi connectivity index (χ4n) is 4.66. The van der Waals surface area contributed by atoms with E-state index >= 15 is 0 Å². The van der Waals surface area contributed by atoms with Gasteiger partial charge in [0.15, 0.2) is 11.5 Å². The number of thioether (sulfide) groups is 1. The van der Waals surface area contributed by atoms with Crippen molar-refractivity contribution in [1.82, 2.24) is 0 Å². The maximum atomic E-state index is 13.9. The average molecular weight is 489 g/mol. The molecular weight excluding hydrogens is 464 g/mol. The fraction of sp³-hybridized carbons (Fsp3) is 0.214. The second-order valence-electron chi connectivity index (χ2n) is 8.26. The molecule has 0 spiro atoms. The minimum atomic E-state index is -0.545. The molecule has 0 N–H and O–H groups in total. The van der Waals surface area contributed by atoms with Crippen molar-refractivity contribution in [3.05, 3.63) is 108 Å². The summed E-state index contributed by atoms with van der Waals surface area (Å²) in [6, 6.07) is 21.9. The first-order chi connectivity index (χ1) is 17.1. The lowest BCUT2D eigenvalue weighted by atomic mass is 9.76. The van der Waals surface area contributed by atoms with Crippen molar-refractivity contribution >= 4 is 23.3 Å². The summed E-state index contributed by atoms with van der Waals surface area (Å²) in [7, 11) is 3.22. The SMILES string of the molecule is COc1ccc(C2SC(C(=O)c3ccco3)C(c3ccc(OC)cc3)C2C(=O)c2ccco2)cc1. The lowest BCUT2D eigenvalue weighted by molar-refractivity contribution is 0.0860. The predicted octanol–water partition coefficient (Wildman–Crippen LogP) is 6.21. The van der Waals surface area contributed by atoms with Crippen molar-refractivity contribution in [2.24, 2.45) is 5.92 Å². The molecule has 178 valence electrons. The predicted molar refractivity (Wildman–Crippen MR) is 132 cm³/mol. The van der Waals surface area contributed by atoms with Crippen molar-refractivity contribution < 1.29 is 27.9 Å². The van der Waals surface area contributed by atoms with Crippen LogP contribution in [-0.2, 0) is 0 Å². The molecule has 4 aromatic rings. The fourth-order valence-corrected chi connectivity index (χ4v) is 6.49. The molecule has 4 atom stereocenters. The maximum absolute atomic E-state index is 13.9. The topological polar surface area (TPSA) is 78.9 Å². The highest BCUT2D eigenvalue weighted by molar-refractivity contribution is 8.01. The quantitative estimate of drug-likeness (QED) is 0.273. The molecule has 0 saturated carbocycles. The van der Waals surface area contributed by atoms with E-state index in [2.05, 4.69) is 0 Å². The third-order valence-electron chi connectivity index (χ3n) is 6.37. The highest BCUT2D eigenvalue weighted by Crippen LogP contribution is 2.58. The first-order valence-electron chi connectivity index (χ1n) is 11.2. The number of furan rings is 2. The number of hydrogen-bond acceptors (Lipinski definition) is 7. The third-order valence-corrected chi connectivity index (χ3v) is 8.03. The maximum Gasteiger partial charge on any atom is 0.211 e. The minimum absolute atomic E-state index is 0.140. The van der Waals surface area contributed by atoms with Crippen LogP contribution in [0.5, 0.6) is 11.5 Å². The Balaban J connectivity index is 1.64. The number of hydrogen-bond donors (Lipinski definition) is 0. The number of methoxy groups -OCH3 is 2. The average Bonchev–Trinajstić information content (AvgIpc) is 3.69. The summed E-state index contributed by atoms with van der Waals surface area (Å²) in [5.74, 6) is 0.742. The van der Waals surface area contributed by atoms with Crippen LogP contribution in [0.3, 0.4) is 0 Å². The minimum Gasteiger partial charge on any atom is -0.497 e. The van der Waals surface area contributed by atoms with Gasteiger partial charge in [-0.15, -0.1) is 11.8 Å². The van der Waals surface area contributed by atoms with Crippen LogP contribution in [0, 0.1) is 5.92 Å². The summed E-state index contributed by atoms with van der Waals surface area (Å²) in [4.78, 5) is 27.5. The van der Waals surface area contributed by atoms with E-state index in [9.17, 15) is 9.59 Å². The highest BCUT2D eigenvalue weighted by Gasteiger charge is 2.52. The normalized spacial score (nSPS) is 21.5. The lowest BCUT2D eigenvalue weighted by Gasteiger charge is -2.24. The van der Waals surface area contributed by atoms with Crippen LogP contribution >= 0.6 is 11.8 Å². The van der Waals surface area contributed by atoms with E-state index in [0.29, 0.717) is 5.75 Å². The molecule has 4 unspecified atom stereocenters. The Labute approximate surface area is 207 Å². The molecule has 5 rings (SSSR count). The number of rotatable bonds is 8. The Kier molecular flexibility index (Phi) is 6.51. The summed E-state index contributed by atoms with van der Waals surface area (Å²) in [6.07, 6.45) is 2.98. The van der Waals surface area contributed by atoms with Gasteiger partial charge in [0, 0.05) is 17.1 Å². The van der Waals surface area contributed by atoms with E-state index in [1.807, 2.05) is 48.5 Å². The number of carbonyl (C=O) groups excluding carboxylic acids is 2. The van der Waals surface area contributed by atoms with Gasteiger partial charge in [-0.05, 0) is 59.7 Å². The van der Waals surface area contributed by atoms with Crippen LogP contribution in [0.4, 0.5) is 0 Å². The molecule has 2 aromatic carbocycles. The molecular formula is C28H24O6S. The van der Waals surface area contributed by atoms with Gasteiger partial charge in [-0.25, -0.2) is 0 Å². The lowest BCUT2D eigenvalue weighted by Crippen LogP contribution is -2.29. The van der Waals surface area contributed by atoms with Gasteiger partial charge in [0.1, 0.15) is 11.5 Å². The summed E-state index contributed by atoms with van der Waals surface area (Å²) < 4.78 is 21.6. The third kappa shape index (κ3) is 4.39. The number of ether oxygens (including phenoxy) is 2. The van der Waals surface area contributed by atoms with Gasteiger partial charge < -0.3 is 18.3 Å². The largest absolute Gasteiger partial charge is 0.497 e. The number of ketones is 2.